The molecule has 3 nitrogen and oxygen atoms in total. The smallest absolute Gasteiger partial charge is 1.00 e. The Kier molecular flexibility index (Phi) is 11.3. The summed E-state index contributed by atoms with van der Waals surface area (Å²) in [6.45, 7) is 22.1. The van der Waals surface area contributed by atoms with E-state index in [2.05, 4.69) is 6.92 Å². The predicted molar refractivity (Wildman–Crippen MR) is 84.2 cm³/mol. The Hall–Kier alpha value is 1.15. The van der Waals surface area contributed by atoms with Gasteiger partial charge in [-0.15, -0.1) is 6.04 Å². The number of hydrogen-bond acceptors (Lipinski definition) is 3. The maximum Gasteiger partial charge on any atom is 2.00 e. The van der Waals surface area contributed by atoms with Gasteiger partial charge in [0, 0.05) is 0 Å². The fourth-order valence-electron chi connectivity index (χ4n) is 1.62. The fourth-order valence-corrected chi connectivity index (χ4v) is 4.85. The van der Waals surface area contributed by atoms with Crippen LogP contribution in [0.2, 0.25) is 6.04 Å². The van der Waals surface area contributed by atoms with Crippen LogP contribution in [0.1, 0.15) is 62.3 Å². The quantitative estimate of drug-likeness (QED) is 0.563. The molecule has 0 spiro atoms. The summed E-state index contributed by atoms with van der Waals surface area (Å²) in [5, 5.41) is 0. The molecule has 0 aliphatic rings. The molecule has 0 heterocycles. The molecule has 0 fully saturated rings. The van der Waals surface area contributed by atoms with E-state index in [4.69, 9.17) is 13.3 Å². The molecule has 0 aromatic carbocycles. The molecule has 0 aromatic rings. The minimum Gasteiger partial charge on any atom is -1.00 e. The molecule has 0 saturated heterocycles. The van der Waals surface area contributed by atoms with Crippen LogP contribution in [0.4, 0.5) is 0 Å². The molecule has 0 aliphatic heterocycles. The summed E-state index contributed by atoms with van der Waals surface area (Å²) in [5.41, 5.74) is -0.915. The molecule has 0 unspecified atom stereocenters. The Morgan fingerprint density at radius 2 is 0.900 bits per heavy atom. The first-order valence-corrected chi connectivity index (χ1v) is 8.51. The molecule has 0 bridgehead atoms. The third kappa shape index (κ3) is 12.9. The van der Waals surface area contributed by atoms with Crippen molar-refractivity contribution >= 4 is 31.9 Å². The molecule has 0 rings (SSSR count). The topological polar surface area (TPSA) is 27.7 Å². The molecule has 6 heteroatoms. The van der Waals surface area contributed by atoms with Crippen LogP contribution in [-0.2, 0) is 13.3 Å². The van der Waals surface area contributed by atoms with E-state index in [0.717, 1.165) is 0 Å². The first-order valence-electron chi connectivity index (χ1n) is 6.58. The molecule has 0 aromatic heterocycles. The molecular formula is C14H31ClMgO3Si. The monoisotopic (exact) mass is 334 g/mol. The predicted octanol–water partition coefficient (Wildman–Crippen LogP) is 0.828. The number of hydrogen-bond donors (Lipinski definition) is 0. The average Bonchev–Trinajstić information content (AvgIpc) is 1.93. The van der Waals surface area contributed by atoms with Crippen LogP contribution < -0.4 is 12.4 Å². The maximum absolute atomic E-state index is 6.16. The molecular weight excluding hydrogens is 304 g/mol. The van der Waals surface area contributed by atoms with E-state index in [1.54, 1.807) is 0 Å². The van der Waals surface area contributed by atoms with Crippen molar-refractivity contribution in [3.63, 3.8) is 0 Å². The van der Waals surface area contributed by atoms with Gasteiger partial charge in [0.25, 0.3) is 0 Å². The summed E-state index contributed by atoms with van der Waals surface area (Å²) in [5.74, 6) is 0. The molecule has 0 amide bonds. The van der Waals surface area contributed by atoms with Crippen LogP contribution in [0, 0.1) is 6.92 Å². The van der Waals surface area contributed by atoms with Gasteiger partial charge in [-0.2, -0.15) is 0 Å². The van der Waals surface area contributed by atoms with Gasteiger partial charge in [-0.05, 0) is 62.3 Å². The van der Waals surface area contributed by atoms with E-state index in [1.165, 1.54) is 0 Å². The number of halogens is 1. The summed E-state index contributed by atoms with van der Waals surface area (Å²) >= 11 is 0. The molecule has 0 radical (unpaired) electrons. The van der Waals surface area contributed by atoms with Gasteiger partial charge in [0.05, 0.1) is 16.8 Å². The van der Waals surface area contributed by atoms with Gasteiger partial charge in [-0.1, -0.05) is 0 Å². The van der Waals surface area contributed by atoms with Crippen molar-refractivity contribution in [2.75, 3.05) is 0 Å². The Morgan fingerprint density at radius 1 is 0.700 bits per heavy atom. The van der Waals surface area contributed by atoms with Crippen molar-refractivity contribution in [3.8, 4) is 0 Å². The molecule has 0 aliphatic carbocycles. The van der Waals surface area contributed by atoms with Gasteiger partial charge in [-0.25, -0.2) is 0 Å². The van der Waals surface area contributed by atoms with Crippen LogP contribution in [0.5, 0.6) is 0 Å². The van der Waals surface area contributed by atoms with Crippen LogP contribution >= 0.6 is 0 Å². The van der Waals surface area contributed by atoms with Crippen LogP contribution in [0.15, 0.2) is 0 Å². The Morgan fingerprint density at radius 3 is 1.00 bits per heavy atom. The van der Waals surface area contributed by atoms with Crippen LogP contribution in [0.3, 0.4) is 0 Å². The SMILES string of the molecule is [CH2-]C[Si](OC(C)(C)C)(OC(C)(C)C)OC(C)(C)C.[Cl-].[Mg+2]. The van der Waals surface area contributed by atoms with E-state index < -0.39 is 8.80 Å². The first kappa shape index (κ1) is 26.1. The Balaban J connectivity index is -0.00000144. The van der Waals surface area contributed by atoms with Crippen molar-refractivity contribution in [3.05, 3.63) is 6.92 Å². The molecule has 0 atom stereocenters. The van der Waals surface area contributed by atoms with Crippen molar-refractivity contribution in [2.24, 2.45) is 0 Å². The van der Waals surface area contributed by atoms with Gasteiger partial charge in [-0.3, -0.25) is 0 Å². The van der Waals surface area contributed by atoms with Crippen molar-refractivity contribution in [1.29, 1.82) is 0 Å². The van der Waals surface area contributed by atoms with E-state index in [-0.39, 0.29) is 52.3 Å². The third-order valence-corrected chi connectivity index (χ3v) is 5.07. The zero-order chi connectivity index (χ0) is 14.8. The van der Waals surface area contributed by atoms with Gasteiger partial charge >= 0.3 is 31.9 Å². The largest absolute Gasteiger partial charge is 2.00 e. The van der Waals surface area contributed by atoms with E-state index >= 15 is 0 Å². The summed E-state index contributed by atoms with van der Waals surface area (Å²) in [6.07, 6.45) is 0. The van der Waals surface area contributed by atoms with Crippen LogP contribution in [-0.4, -0.2) is 48.7 Å². The average molecular weight is 335 g/mol. The summed E-state index contributed by atoms with van der Waals surface area (Å²) < 4.78 is 18.5. The van der Waals surface area contributed by atoms with Gasteiger partial charge in [0.15, 0.2) is 0 Å². The van der Waals surface area contributed by atoms with Crippen molar-refractivity contribution in [2.45, 2.75) is 85.2 Å². The number of rotatable bonds is 4. The molecule has 0 saturated carbocycles. The second-order valence-electron chi connectivity index (χ2n) is 7.58. The van der Waals surface area contributed by atoms with Gasteiger partial charge in [0.2, 0.25) is 0 Å². The van der Waals surface area contributed by atoms with Crippen molar-refractivity contribution in [1.82, 2.24) is 0 Å². The van der Waals surface area contributed by atoms with Crippen molar-refractivity contribution < 1.29 is 25.7 Å². The van der Waals surface area contributed by atoms with E-state index in [1.807, 2.05) is 62.3 Å². The minimum atomic E-state index is -2.79. The Labute approximate surface area is 149 Å². The summed E-state index contributed by atoms with van der Waals surface area (Å²) in [4.78, 5) is 0. The third-order valence-electron chi connectivity index (χ3n) is 1.69. The van der Waals surface area contributed by atoms with Gasteiger partial charge in [0.1, 0.15) is 0 Å². The van der Waals surface area contributed by atoms with Gasteiger partial charge < -0.3 is 32.6 Å². The van der Waals surface area contributed by atoms with E-state index in [9.17, 15) is 0 Å². The zero-order valence-electron chi connectivity index (χ0n) is 14.7. The molecule has 20 heavy (non-hydrogen) atoms. The van der Waals surface area contributed by atoms with Crippen LogP contribution in [0.25, 0.3) is 0 Å². The van der Waals surface area contributed by atoms with E-state index in [0.29, 0.717) is 6.04 Å². The summed E-state index contributed by atoms with van der Waals surface area (Å²) in [6, 6.07) is 0.527. The zero-order valence-corrected chi connectivity index (χ0v) is 17.9. The fraction of sp³-hybridized carbons (Fsp3) is 0.929. The second-order valence-corrected chi connectivity index (χ2v) is 10.1. The molecule has 118 valence electrons. The Bertz CT molecular complexity index is 226. The summed E-state index contributed by atoms with van der Waals surface area (Å²) in [7, 11) is -2.79. The second kappa shape index (κ2) is 8.70. The minimum absolute atomic E-state index is 0. The molecule has 0 N–H and O–H groups in total. The normalized spacial score (nSPS) is 13.5. The maximum atomic E-state index is 6.16. The first-order chi connectivity index (χ1) is 7.68. The standard InChI is InChI=1S/C14H31O3Si.ClH.Mg/c1-11-18(15-12(2,3)4,16-13(5,6)7)17-14(8,9)10;;/h1,11H2,2-10H3;1H;/q-1;;+2/p-1.